The molecule has 0 bridgehead atoms. The first-order chi connectivity index (χ1) is 13.2. The Morgan fingerprint density at radius 2 is 1.74 bits per heavy atom. The SMILES string of the molecule is Cc1c2c(cc/c1=c1/[nH]/c(=C/c3ccccc3)c(=O)o1)=Nc1ccccc1-2. The molecule has 0 spiro atoms. The van der Waals surface area contributed by atoms with Gasteiger partial charge < -0.3 is 9.40 Å². The molecule has 4 heteroatoms. The maximum Gasteiger partial charge on any atom is 0.361 e. The Hall–Kier alpha value is -3.66. The summed E-state index contributed by atoms with van der Waals surface area (Å²) in [4.78, 5) is 20.1. The van der Waals surface area contributed by atoms with E-state index in [1.807, 2.05) is 67.6 Å². The Bertz CT molecular complexity index is 1440. The van der Waals surface area contributed by atoms with E-state index in [0.717, 1.165) is 38.5 Å². The van der Waals surface area contributed by atoms with Crippen molar-refractivity contribution >= 4 is 11.8 Å². The lowest BCUT2D eigenvalue weighted by molar-refractivity contribution is 0.489. The lowest BCUT2D eigenvalue weighted by atomic mass is 9.99. The molecule has 2 heterocycles. The van der Waals surface area contributed by atoms with Gasteiger partial charge in [-0.25, -0.2) is 9.79 Å². The van der Waals surface area contributed by atoms with Crippen LogP contribution in [0.3, 0.4) is 0 Å². The Morgan fingerprint density at radius 1 is 0.963 bits per heavy atom. The first-order valence-electron chi connectivity index (χ1n) is 8.79. The molecular weight excluding hydrogens is 336 g/mol. The topological polar surface area (TPSA) is 58.4 Å². The van der Waals surface area contributed by atoms with Gasteiger partial charge in [0, 0.05) is 16.3 Å². The van der Waals surface area contributed by atoms with Crippen LogP contribution in [0, 0.1) is 17.7 Å². The minimum absolute atomic E-state index is 0.376. The van der Waals surface area contributed by atoms with Crippen molar-refractivity contribution in [2.45, 2.75) is 6.92 Å². The molecule has 27 heavy (non-hydrogen) atoms. The number of H-pyrrole nitrogens is 1. The predicted octanol–water partition coefficient (Wildman–Crippen LogP) is 3.32. The second-order valence-corrected chi connectivity index (χ2v) is 6.57. The van der Waals surface area contributed by atoms with Crippen LogP contribution in [0.15, 0.2) is 80.9 Å². The highest BCUT2D eigenvalue weighted by Gasteiger charge is 2.16. The quantitative estimate of drug-likeness (QED) is 0.503. The van der Waals surface area contributed by atoms with Gasteiger partial charge in [0.05, 0.1) is 11.0 Å². The summed E-state index contributed by atoms with van der Waals surface area (Å²) >= 11 is 0. The molecule has 5 rings (SSSR count). The summed E-state index contributed by atoms with van der Waals surface area (Å²) in [5.41, 5.74) is 5.24. The number of hydrogen-bond acceptors (Lipinski definition) is 3. The molecule has 0 saturated heterocycles. The van der Waals surface area contributed by atoms with Crippen molar-refractivity contribution in [1.29, 1.82) is 0 Å². The number of oxazole rings is 1. The Kier molecular flexibility index (Phi) is 3.44. The van der Waals surface area contributed by atoms with Crippen LogP contribution in [0.2, 0.25) is 0 Å². The van der Waals surface area contributed by atoms with Crippen LogP contribution in [0.25, 0.3) is 17.2 Å². The zero-order valence-corrected chi connectivity index (χ0v) is 14.7. The van der Waals surface area contributed by atoms with E-state index in [1.54, 1.807) is 6.08 Å². The third-order valence-corrected chi connectivity index (χ3v) is 4.88. The van der Waals surface area contributed by atoms with Crippen LogP contribution in [0.1, 0.15) is 11.1 Å². The van der Waals surface area contributed by atoms with Crippen molar-refractivity contribution in [2.24, 2.45) is 4.99 Å². The number of para-hydroxylation sites is 1. The molecule has 130 valence electrons. The van der Waals surface area contributed by atoms with Crippen LogP contribution >= 0.6 is 0 Å². The molecule has 0 fully saturated rings. The molecule has 4 aromatic rings. The van der Waals surface area contributed by atoms with Crippen LogP contribution in [-0.4, -0.2) is 4.98 Å². The van der Waals surface area contributed by atoms with Crippen LogP contribution in [0.4, 0.5) is 5.69 Å². The van der Waals surface area contributed by atoms with Crippen LogP contribution < -0.4 is 16.3 Å². The van der Waals surface area contributed by atoms with Crippen LogP contribution in [0.5, 0.6) is 0 Å². The number of nitrogens with zero attached hydrogens (tertiary/aromatic N) is 1. The average Bonchev–Trinajstić information content (AvgIpc) is 3.24. The van der Waals surface area contributed by atoms with E-state index in [0.29, 0.717) is 10.9 Å². The summed E-state index contributed by atoms with van der Waals surface area (Å²) < 4.78 is 5.53. The fourth-order valence-corrected chi connectivity index (χ4v) is 3.57. The Morgan fingerprint density at radius 3 is 2.59 bits per heavy atom. The molecule has 0 radical (unpaired) electrons. The fraction of sp³-hybridized carbons (Fsp3) is 0.0435. The Balaban J connectivity index is 1.80. The van der Waals surface area contributed by atoms with E-state index < -0.39 is 0 Å². The highest BCUT2D eigenvalue weighted by molar-refractivity contribution is 5.81. The van der Waals surface area contributed by atoms with Crippen molar-refractivity contribution in [3.05, 3.63) is 110 Å². The van der Waals surface area contributed by atoms with Gasteiger partial charge in [0.25, 0.3) is 0 Å². The van der Waals surface area contributed by atoms with E-state index in [9.17, 15) is 4.79 Å². The van der Waals surface area contributed by atoms with Crippen molar-refractivity contribution in [3.63, 3.8) is 0 Å². The number of aromatic amines is 1. The van der Waals surface area contributed by atoms with E-state index in [1.165, 1.54) is 0 Å². The van der Waals surface area contributed by atoms with Crippen LogP contribution in [-0.2, 0) is 0 Å². The average molecular weight is 352 g/mol. The molecule has 4 nitrogen and oxygen atoms in total. The number of aromatic nitrogens is 1. The third kappa shape index (κ3) is 2.54. The monoisotopic (exact) mass is 352 g/mol. The maximum absolute atomic E-state index is 12.3. The minimum atomic E-state index is -0.376. The van der Waals surface area contributed by atoms with E-state index >= 15 is 0 Å². The van der Waals surface area contributed by atoms with E-state index in [2.05, 4.69) is 16.0 Å². The van der Waals surface area contributed by atoms with Gasteiger partial charge in [0.1, 0.15) is 5.35 Å². The minimum Gasteiger partial charge on any atom is -0.404 e. The summed E-state index contributed by atoms with van der Waals surface area (Å²) in [6.07, 6.45) is 1.79. The fourth-order valence-electron chi connectivity index (χ4n) is 3.57. The second kappa shape index (κ2) is 5.95. The number of benzene rings is 3. The Labute approximate surface area is 154 Å². The van der Waals surface area contributed by atoms with Crippen molar-refractivity contribution in [1.82, 2.24) is 4.98 Å². The molecule has 3 aromatic carbocycles. The summed E-state index contributed by atoms with van der Waals surface area (Å²) in [7, 11) is 0. The summed E-state index contributed by atoms with van der Waals surface area (Å²) in [6, 6.07) is 21.7. The van der Waals surface area contributed by atoms with Gasteiger partial charge >= 0.3 is 5.63 Å². The smallest absolute Gasteiger partial charge is 0.361 e. The number of nitrogens with one attached hydrogen (secondary N) is 1. The zero-order chi connectivity index (χ0) is 18.4. The maximum atomic E-state index is 12.3. The second-order valence-electron chi connectivity index (χ2n) is 6.57. The first kappa shape index (κ1) is 15.6. The van der Waals surface area contributed by atoms with Gasteiger partial charge in [-0.05, 0) is 42.3 Å². The molecule has 0 atom stereocenters. The normalized spacial score (nSPS) is 13.9. The van der Waals surface area contributed by atoms with Gasteiger partial charge in [-0.2, -0.15) is 0 Å². The van der Waals surface area contributed by atoms with Crippen molar-refractivity contribution < 1.29 is 4.42 Å². The number of fused-ring (bicyclic) bond motifs is 3. The summed E-state index contributed by atoms with van der Waals surface area (Å²) in [5.74, 6) is 0. The molecule has 1 N–H and O–H groups in total. The molecule has 0 amide bonds. The highest BCUT2D eigenvalue weighted by Crippen LogP contribution is 2.34. The molecule has 1 aliphatic heterocycles. The third-order valence-electron chi connectivity index (χ3n) is 4.88. The molecule has 0 unspecified atom stereocenters. The molecule has 0 saturated carbocycles. The number of hydrogen-bond donors (Lipinski definition) is 1. The predicted molar refractivity (Wildman–Crippen MR) is 104 cm³/mol. The van der Waals surface area contributed by atoms with Gasteiger partial charge in [0.15, 0.2) is 0 Å². The molecule has 1 aliphatic rings. The molecule has 0 aliphatic carbocycles. The molecular formula is C23H16N2O2. The van der Waals surface area contributed by atoms with Crippen molar-refractivity contribution in [2.75, 3.05) is 0 Å². The largest absolute Gasteiger partial charge is 0.404 e. The lowest BCUT2D eigenvalue weighted by Gasteiger charge is -2.03. The summed E-state index contributed by atoms with van der Waals surface area (Å²) in [5, 5.41) is 2.24. The standard InChI is InChI=1S/C23H16N2O2/c1-14-16(11-12-19-21(14)17-9-5-6-10-18(17)24-19)22-25-20(23(26)27-22)13-15-7-3-2-4-8-15/h2-13,25H,1H3/b20-13+,22-16+. The van der Waals surface area contributed by atoms with Gasteiger partial charge in [-0.3, -0.25) is 0 Å². The zero-order valence-electron chi connectivity index (χ0n) is 14.7. The first-order valence-corrected chi connectivity index (χ1v) is 8.79. The van der Waals surface area contributed by atoms with E-state index in [-0.39, 0.29) is 5.63 Å². The lowest BCUT2D eigenvalue weighted by Crippen LogP contribution is -2.20. The summed E-state index contributed by atoms with van der Waals surface area (Å²) in [6.45, 7) is 2.03. The van der Waals surface area contributed by atoms with Gasteiger partial charge in [-0.1, -0.05) is 48.5 Å². The van der Waals surface area contributed by atoms with Gasteiger partial charge in [-0.15, -0.1) is 0 Å². The van der Waals surface area contributed by atoms with Crippen molar-refractivity contribution in [3.8, 4) is 11.1 Å². The van der Waals surface area contributed by atoms with E-state index in [4.69, 9.17) is 4.42 Å². The van der Waals surface area contributed by atoms with Gasteiger partial charge in [0.2, 0.25) is 5.55 Å². The number of rotatable bonds is 1. The molecule has 1 aromatic heterocycles. The highest BCUT2D eigenvalue weighted by atomic mass is 16.4.